The van der Waals surface area contributed by atoms with Crippen molar-refractivity contribution in [3.05, 3.63) is 101 Å². The molecule has 0 radical (unpaired) electrons. The summed E-state index contributed by atoms with van der Waals surface area (Å²) in [7, 11) is 0. The molecule has 1 fully saturated rings. The van der Waals surface area contributed by atoms with E-state index in [9.17, 15) is 0 Å². The molecule has 2 aliphatic rings. The van der Waals surface area contributed by atoms with Gasteiger partial charge in [-0.05, 0) is 40.5 Å². The van der Waals surface area contributed by atoms with Crippen LogP contribution in [-0.2, 0) is 0 Å². The number of rotatable bonds is 4. The van der Waals surface area contributed by atoms with Gasteiger partial charge in [-0.25, -0.2) is 0 Å². The van der Waals surface area contributed by atoms with Crippen molar-refractivity contribution >= 4 is 18.2 Å². The molecule has 0 heterocycles. The van der Waals surface area contributed by atoms with Gasteiger partial charge in [-0.15, -0.1) is 0 Å². The largest absolute Gasteiger partial charge is 0.0802 e. The summed E-state index contributed by atoms with van der Waals surface area (Å²) in [5, 5.41) is 0. The number of fused-ring (bicyclic) bond motifs is 1. The second-order valence-electron chi connectivity index (χ2n) is 6.33. The number of hydrogen-bond acceptors (Lipinski definition) is 0. The molecule has 0 heteroatoms. The van der Waals surface area contributed by atoms with Gasteiger partial charge in [-0.3, -0.25) is 0 Å². The van der Waals surface area contributed by atoms with Crippen LogP contribution in [0.25, 0.3) is 18.2 Å². The monoisotopic (exact) mass is 296 g/mol. The fourth-order valence-electron chi connectivity index (χ4n) is 2.96. The van der Waals surface area contributed by atoms with Crippen molar-refractivity contribution in [2.75, 3.05) is 0 Å². The van der Waals surface area contributed by atoms with Crippen molar-refractivity contribution in [3.8, 4) is 0 Å². The molecule has 0 saturated heterocycles. The molecule has 2 atom stereocenters. The van der Waals surface area contributed by atoms with Gasteiger partial charge in [-0.2, -0.15) is 0 Å². The van der Waals surface area contributed by atoms with E-state index < -0.39 is 0 Å². The lowest BCUT2D eigenvalue weighted by molar-refractivity contribution is 0.971. The SMILES string of the molecule is C1=CC2CC2C=C1/C=C/c1ccc(/C=C/c2ccccc2)cc1. The molecule has 0 N–H and O–H groups in total. The minimum atomic E-state index is 0.810. The molecule has 2 aromatic rings. The summed E-state index contributed by atoms with van der Waals surface area (Å²) in [4.78, 5) is 0. The van der Waals surface area contributed by atoms with E-state index in [4.69, 9.17) is 0 Å². The van der Waals surface area contributed by atoms with Crippen molar-refractivity contribution in [3.63, 3.8) is 0 Å². The molecular weight excluding hydrogens is 276 g/mol. The van der Waals surface area contributed by atoms with Crippen LogP contribution in [0.1, 0.15) is 23.1 Å². The maximum absolute atomic E-state index is 2.40. The minimum absolute atomic E-state index is 0.810. The summed E-state index contributed by atoms with van der Waals surface area (Å²) in [6, 6.07) is 19.1. The van der Waals surface area contributed by atoms with Gasteiger partial charge < -0.3 is 0 Å². The smallest absolute Gasteiger partial charge is 0.0155 e. The third-order valence-corrected chi connectivity index (χ3v) is 4.51. The molecule has 0 amide bonds. The van der Waals surface area contributed by atoms with Crippen molar-refractivity contribution in [1.29, 1.82) is 0 Å². The molecule has 0 nitrogen and oxygen atoms in total. The third-order valence-electron chi connectivity index (χ3n) is 4.51. The molecule has 0 bridgehead atoms. The lowest BCUT2D eigenvalue weighted by Crippen LogP contribution is -1.84. The lowest BCUT2D eigenvalue weighted by atomic mass is 10.0. The molecule has 0 aliphatic heterocycles. The molecule has 112 valence electrons. The van der Waals surface area contributed by atoms with E-state index in [1.165, 1.54) is 28.7 Å². The summed E-state index contributed by atoms with van der Waals surface area (Å²) in [6.07, 6.45) is 17.1. The van der Waals surface area contributed by atoms with E-state index in [1.807, 2.05) is 6.07 Å². The first kappa shape index (κ1) is 14.0. The van der Waals surface area contributed by atoms with Gasteiger partial charge in [0.25, 0.3) is 0 Å². The quantitative estimate of drug-likeness (QED) is 0.607. The van der Waals surface area contributed by atoms with Crippen molar-refractivity contribution in [1.82, 2.24) is 0 Å². The molecule has 2 aromatic carbocycles. The predicted octanol–water partition coefficient (Wildman–Crippen LogP) is 6.00. The van der Waals surface area contributed by atoms with E-state index in [0.29, 0.717) is 0 Å². The highest BCUT2D eigenvalue weighted by Gasteiger charge is 2.34. The van der Waals surface area contributed by atoms with Gasteiger partial charge in [0, 0.05) is 0 Å². The standard InChI is InChI=1S/C23H20/c1-2-4-18(5-3-1)6-7-19-8-10-20(11-9-19)12-13-21-14-15-22-17-23(22)16-21/h1-16,22-23H,17H2/b7-6+,13-12+. The number of benzene rings is 2. The fourth-order valence-corrected chi connectivity index (χ4v) is 2.96. The minimum Gasteiger partial charge on any atom is -0.0802 e. The highest BCUT2D eigenvalue weighted by Crippen LogP contribution is 2.44. The molecule has 1 saturated carbocycles. The van der Waals surface area contributed by atoms with Crippen LogP contribution in [0.3, 0.4) is 0 Å². The lowest BCUT2D eigenvalue weighted by Gasteiger charge is -2.01. The highest BCUT2D eigenvalue weighted by atomic mass is 14.4. The topological polar surface area (TPSA) is 0 Å². The van der Waals surface area contributed by atoms with Gasteiger partial charge >= 0.3 is 0 Å². The molecule has 2 unspecified atom stereocenters. The van der Waals surface area contributed by atoms with Crippen LogP contribution in [0.15, 0.2) is 84.5 Å². The van der Waals surface area contributed by atoms with Gasteiger partial charge in [0.15, 0.2) is 0 Å². The zero-order chi connectivity index (χ0) is 15.5. The zero-order valence-corrected chi connectivity index (χ0v) is 13.1. The summed E-state index contributed by atoms with van der Waals surface area (Å²) < 4.78 is 0. The maximum Gasteiger partial charge on any atom is -0.0155 e. The first-order chi connectivity index (χ1) is 11.4. The first-order valence-corrected chi connectivity index (χ1v) is 8.28. The van der Waals surface area contributed by atoms with Crippen LogP contribution < -0.4 is 0 Å². The highest BCUT2D eigenvalue weighted by molar-refractivity contribution is 5.70. The zero-order valence-electron chi connectivity index (χ0n) is 13.1. The molecule has 0 aromatic heterocycles. The third kappa shape index (κ3) is 3.60. The van der Waals surface area contributed by atoms with Gasteiger partial charge in [0.2, 0.25) is 0 Å². The van der Waals surface area contributed by atoms with E-state index in [-0.39, 0.29) is 0 Å². The van der Waals surface area contributed by atoms with E-state index >= 15 is 0 Å². The van der Waals surface area contributed by atoms with Crippen molar-refractivity contribution in [2.24, 2.45) is 11.8 Å². The molecule has 0 spiro atoms. The van der Waals surface area contributed by atoms with Crippen LogP contribution in [0.5, 0.6) is 0 Å². The predicted molar refractivity (Wildman–Crippen MR) is 99.7 cm³/mol. The molecule has 2 aliphatic carbocycles. The summed E-state index contributed by atoms with van der Waals surface area (Å²) in [6.45, 7) is 0. The van der Waals surface area contributed by atoms with Crippen LogP contribution in [0, 0.1) is 11.8 Å². The maximum atomic E-state index is 2.40. The average molecular weight is 296 g/mol. The fraction of sp³-hybridized carbons (Fsp3) is 0.130. The summed E-state index contributed by atoms with van der Waals surface area (Å²) in [5.74, 6) is 1.65. The first-order valence-electron chi connectivity index (χ1n) is 8.28. The molecule has 23 heavy (non-hydrogen) atoms. The Balaban J connectivity index is 1.42. The van der Waals surface area contributed by atoms with E-state index in [1.54, 1.807) is 0 Å². The second-order valence-corrected chi connectivity index (χ2v) is 6.33. The number of allylic oxidation sites excluding steroid dienone is 5. The van der Waals surface area contributed by atoms with Gasteiger partial charge in [0.05, 0.1) is 0 Å². The van der Waals surface area contributed by atoms with E-state index in [0.717, 1.165) is 11.8 Å². The Morgan fingerprint density at radius 2 is 1.26 bits per heavy atom. The average Bonchev–Trinajstić information content (AvgIpc) is 3.39. The van der Waals surface area contributed by atoms with E-state index in [2.05, 4.69) is 91.1 Å². The number of hydrogen-bond donors (Lipinski definition) is 0. The Morgan fingerprint density at radius 3 is 1.91 bits per heavy atom. The van der Waals surface area contributed by atoms with Crippen LogP contribution in [-0.4, -0.2) is 0 Å². The van der Waals surface area contributed by atoms with Crippen LogP contribution in [0.4, 0.5) is 0 Å². The Morgan fingerprint density at radius 1 is 0.652 bits per heavy atom. The summed E-state index contributed by atoms with van der Waals surface area (Å²) >= 11 is 0. The molecule has 4 rings (SSSR count). The Kier molecular flexibility index (Phi) is 3.81. The van der Waals surface area contributed by atoms with Crippen molar-refractivity contribution < 1.29 is 0 Å². The normalized spacial score (nSPS) is 22.3. The van der Waals surface area contributed by atoms with Gasteiger partial charge in [-0.1, -0.05) is 97.1 Å². The Labute approximate surface area is 138 Å². The summed E-state index contributed by atoms with van der Waals surface area (Å²) in [5.41, 5.74) is 5.04. The Hall–Kier alpha value is -2.60. The van der Waals surface area contributed by atoms with Crippen LogP contribution >= 0.6 is 0 Å². The van der Waals surface area contributed by atoms with Crippen LogP contribution in [0.2, 0.25) is 0 Å². The Bertz CT molecular complexity index is 786. The molecular formula is C23H20. The second kappa shape index (κ2) is 6.26. The van der Waals surface area contributed by atoms with Gasteiger partial charge in [0.1, 0.15) is 0 Å². The van der Waals surface area contributed by atoms with Crippen molar-refractivity contribution in [2.45, 2.75) is 6.42 Å².